The molecular formula is C16H30F3N. The van der Waals surface area contributed by atoms with Gasteiger partial charge in [-0.2, -0.15) is 13.2 Å². The second kappa shape index (κ2) is 8.91. The summed E-state index contributed by atoms with van der Waals surface area (Å²) in [6.45, 7) is 2.73. The van der Waals surface area contributed by atoms with Gasteiger partial charge in [0, 0.05) is 0 Å². The van der Waals surface area contributed by atoms with Gasteiger partial charge in [0.2, 0.25) is 0 Å². The van der Waals surface area contributed by atoms with E-state index in [0.717, 1.165) is 19.3 Å². The van der Waals surface area contributed by atoms with Gasteiger partial charge < -0.3 is 5.32 Å². The van der Waals surface area contributed by atoms with Gasteiger partial charge in [-0.3, -0.25) is 0 Å². The monoisotopic (exact) mass is 293 g/mol. The highest BCUT2D eigenvalue weighted by atomic mass is 19.4. The minimum absolute atomic E-state index is 0.258. The van der Waals surface area contributed by atoms with Crippen LogP contribution in [0.3, 0.4) is 0 Å². The molecule has 1 nitrogen and oxygen atoms in total. The number of rotatable bonds is 12. The molecule has 0 aromatic heterocycles. The van der Waals surface area contributed by atoms with Crippen LogP contribution in [0.25, 0.3) is 0 Å². The normalized spacial score (nSPS) is 17.4. The van der Waals surface area contributed by atoms with Crippen LogP contribution in [0.2, 0.25) is 0 Å². The quantitative estimate of drug-likeness (QED) is 0.462. The van der Waals surface area contributed by atoms with E-state index in [2.05, 4.69) is 12.2 Å². The summed E-state index contributed by atoms with van der Waals surface area (Å²) in [6.07, 6.45) is 8.67. The van der Waals surface area contributed by atoms with Crippen LogP contribution < -0.4 is 5.32 Å². The second-order valence-electron chi connectivity index (χ2n) is 6.19. The van der Waals surface area contributed by atoms with Crippen LogP contribution in [-0.2, 0) is 0 Å². The second-order valence-corrected chi connectivity index (χ2v) is 6.19. The molecule has 4 heteroatoms. The van der Waals surface area contributed by atoms with Crippen LogP contribution in [0.5, 0.6) is 0 Å². The number of alkyl halides is 3. The number of hydrogen-bond donors (Lipinski definition) is 1. The first-order valence-corrected chi connectivity index (χ1v) is 8.33. The standard InChI is InChI=1S/C16H30F3N/c1-2-3-4-5-6-7-8-9-10-11-14-20-15(12-13-15)16(17,18)19/h20H,2-14H2,1H3. The zero-order chi connectivity index (χ0) is 14.9. The molecule has 0 spiro atoms. The molecule has 1 N–H and O–H groups in total. The molecule has 1 saturated carbocycles. The fourth-order valence-electron chi connectivity index (χ4n) is 2.63. The summed E-state index contributed by atoms with van der Waals surface area (Å²) in [5.41, 5.74) is -1.52. The van der Waals surface area contributed by atoms with Crippen molar-refractivity contribution in [1.82, 2.24) is 5.32 Å². The Hall–Kier alpha value is -0.250. The molecular weight excluding hydrogens is 263 g/mol. The first-order valence-electron chi connectivity index (χ1n) is 8.33. The highest BCUT2D eigenvalue weighted by Gasteiger charge is 2.62. The van der Waals surface area contributed by atoms with Crippen molar-refractivity contribution in [2.45, 2.75) is 95.7 Å². The molecule has 1 rings (SSSR count). The van der Waals surface area contributed by atoms with E-state index in [4.69, 9.17) is 0 Å². The van der Waals surface area contributed by atoms with Crippen molar-refractivity contribution in [3.05, 3.63) is 0 Å². The minimum Gasteiger partial charge on any atom is -0.304 e. The van der Waals surface area contributed by atoms with Gasteiger partial charge in [-0.15, -0.1) is 0 Å². The molecule has 120 valence electrons. The molecule has 20 heavy (non-hydrogen) atoms. The maximum atomic E-state index is 12.6. The summed E-state index contributed by atoms with van der Waals surface area (Å²) in [5, 5.41) is 2.71. The lowest BCUT2D eigenvalue weighted by Gasteiger charge is -2.20. The number of unbranched alkanes of at least 4 members (excludes halogenated alkanes) is 9. The van der Waals surface area contributed by atoms with Crippen molar-refractivity contribution in [2.24, 2.45) is 0 Å². The van der Waals surface area contributed by atoms with Crippen LogP contribution in [0.1, 0.15) is 84.0 Å². The summed E-state index contributed by atoms with van der Waals surface area (Å²) in [7, 11) is 0. The molecule has 0 amide bonds. The van der Waals surface area contributed by atoms with Crippen LogP contribution in [0, 0.1) is 0 Å². The van der Waals surface area contributed by atoms with Crippen molar-refractivity contribution in [1.29, 1.82) is 0 Å². The van der Waals surface area contributed by atoms with Crippen molar-refractivity contribution in [2.75, 3.05) is 6.54 Å². The van der Waals surface area contributed by atoms with Gasteiger partial charge in [0.1, 0.15) is 5.54 Å². The predicted octanol–water partition coefficient (Wildman–Crippen LogP) is 5.59. The van der Waals surface area contributed by atoms with Crippen LogP contribution in [0.4, 0.5) is 13.2 Å². The lowest BCUT2D eigenvalue weighted by Crippen LogP contribution is -2.45. The molecule has 0 aromatic carbocycles. The van der Waals surface area contributed by atoms with Gasteiger partial charge in [0.25, 0.3) is 0 Å². The van der Waals surface area contributed by atoms with Gasteiger partial charge in [0.15, 0.2) is 0 Å². The molecule has 0 heterocycles. The zero-order valence-corrected chi connectivity index (χ0v) is 12.8. The summed E-state index contributed by atoms with van der Waals surface area (Å²) in [4.78, 5) is 0. The van der Waals surface area contributed by atoms with Crippen LogP contribution in [-0.4, -0.2) is 18.3 Å². The minimum atomic E-state index is -4.06. The van der Waals surface area contributed by atoms with E-state index in [1.54, 1.807) is 0 Å². The van der Waals surface area contributed by atoms with Crippen LogP contribution in [0.15, 0.2) is 0 Å². The molecule has 0 bridgehead atoms. The van der Waals surface area contributed by atoms with Crippen LogP contribution >= 0.6 is 0 Å². The number of hydrogen-bond acceptors (Lipinski definition) is 1. The van der Waals surface area contributed by atoms with Gasteiger partial charge in [-0.25, -0.2) is 0 Å². The van der Waals surface area contributed by atoms with Gasteiger partial charge in [0.05, 0.1) is 0 Å². The Bertz CT molecular complexity index is 247. The molecule has 1 aliphatic carbocycles. The maximum absolute atomic E-state index is 12.6. The van der Waals surface area contributed by atoms with E-state index in [0.29, 0.717) is 6.54 Å². The highest BCUT2D eigenvalue weighted by molar-refractivity contribution is 5.07. The molecule has 1 aliphatic rings. The smallest absolute Gasteiger partial charge is 0.304 e. The fraction of sp³-hybridized carbons (Fsp3) is 1.00. The fourth-order valence-corrected chi connectivity index (χ4v) is 2.63. The Balaban J connectivity index is 1.84. The number of nitrogens with one attached hydrogen (secondary N) is 1. The largest absolute Gasteiger partial charge is 0.406 e. The lowest BCUT2D eigenvalue weighted by molar-refractivity contribution is -0.165. The lowest BCUT2D eigenvalue weighted by atomic mass is 10.1. The molecule has 0 radical (unpaired) electrons. The Morgan fingerprint density at radius 2 is 1.25 bits per heavy atom. The summed E-state index contributed by atoms with van der Waals surface area (Å²) in [5.74, 6) is 0. The van der Waals surface area contributed by atoms with Crippen molar-refractivity contribution in [3.8, 4) is 0 Å². The molecule has 0 aliphatic heterocycles. The predicted molar refractivity (Wildman–Crippen MR) is 77.9 cm³/mol. The first kappa shape index (κ1) is 17.8. The molecule has 0 saturated heterocycles. The average molecular weight is 293 g/mol. The van der Waals surface area contributed by atoms with E-state index in [-0.39, 0.29) is 12.8 Å². The highest BCUT2D eigenvalue weighted by Crippen LogP contribution is 2.48. The maximum Gasteiger partial charge on any atom is 0.406 e. The average Bonchev–Trinajstić information content (AvgIpc) is 3.16. The third kappa shape index (κ3) is 6.47. The van der Waals surface area contributed by atoms with Gasteiger partial charge >= 0.3 is 6.18 Å². The summed E-state index contributed by atoms with van der Waals surface area (Å²) >= 11 is 0. The third-order valence-electron chi connectivity index (χ3n) is 4.29. The van der Waals surface area contributed by atoms with Crippen molar-refractivity contribution < 1.29 is 13.2 Å². The van der Waals surface area contributed by atoms with Gasteiger partial charge in [-0.05, 0) is 25.8 Å². The number of halogens is 3. The zero-order valence-electron chi connectivity index (χ0n) is 12.8. The molecule has 0 unspecified atom stereocenters. The Labute approximate surface area is 121 Å². The van der Waals surface area contributed by atoms with Crippen molar-refractivity contribution >= 4 is 0 Å². The third-order valence-corrected chi connectivity index (χ3v) is 4.29. The van der Waals surface area contributed by atoms with E-state index in [1.807, 2.05) is 0 Å². The Morgan fingerprint density at radius 3 is 1.65 bits per heavy atom. The Kier molecular flexibility index (Phi) is 7.93. The van der Waals surface area contributed by atoms with Crippen molar-refractivity contribution in [3.63, 3.8) is 0 Å². The SMILES string of the molecule is CCCCCCCCCCCCNC1(C(F)(F)F)CC1. The Morgan fingerprint density at radius 1 is 0.800 bits per heavy atom. The van der Waals surface area contributed by atoms with Gasteiger partial charge in [-0.1, -0.05) is 64.7 Å². The summed E-state index contributed by atoms with van der Waals surface area (Å²) in [6, 6.07) is 0. The van der Waals surface area contributed by atoms with E-state index >= 15 is 0 Å². The molecule has 0 aromatic rings. The van der Waals surface area contributed by atoms with E-state index in [1.165, 1.54) is 44.9 Å². The topological polar surface area (TPSA) is 12.0 Å². The molecule has 1 fully saturated rings. The first-order chi connectivity index (χ1) is 9.52. The molecule has 0 atom stereocenters. The summed E-state index contributed by atoms with van der Waals surface area (Å²) < 4.78 is 37.9. The van der Waals surface area contributed by atoms with E-state index in [9.17, 15) is 13.2 Å². The van der Waals surface area contributed by atoms with E-state index < -0.39 is 11.7 Å².